The van der Waals surface area contributed by atoms with Crippen molar-refractivity contribution >= 4 is 16.8 Å². The van der Waals surface area contributed by atoms with E-state index >= 15 is 0 Å². The number of nitrogens with zero attached hydrogens (tertiary/aromatic N) is 2. The molecule has 0 saturated heterocycles. The molecule has 0 bridgehead atoms. The molecule has 158 valence electrons. The van der Waals surface area contributed by atoms with Gasteiger partial charge in [-0.15, -0.1) is 0 Å². The molecule has 1 aromatic heterocycles. The summed E-state index contributed by atoms with van der Waals surface area (Å²) in [5, 5.41) is 8.55. The average Bonchev–Trinajstić information content (AvgIpc) is 3.21. The molecule has 3 aromatic carbocycles. The molecule has 0 fully saturated rings. The van der Waals surface area contributed by atoms with Gasteiger partial charge in [0, 0.05) is 10.9 Å². The number of amides is 1. The summed E-state index contributed by atoms with van der Waals surface area (Å²) >= 11 is 0. The predicted molar refractivity (Wildman–Crippen MR) is 121 cm³/mol. The van der Waals surface area contributed by atoms with Crippen LogP contribution in [0.2, 0.25) is 0 Å². The van der Waals surface area contributed by atoms with Crippen LogP contribution in [-0.2, 0) is 6.54 Å². The number of nitrogens with one attached hydrogen (secondary N) is 1. The molecule has 0 aliphatic rings. The predicted octanol–water partition coefficient (Wildman–Crippen LogP) is 4.59. The van der Waals surface area contributed by atoms with Crippen LogP contribution in [0, 0.1) is 0 Å². The van der Waals surface area contributed by atoms with Gasteiger partial charge in [-0.3, -0.25) is 9.48 Å². The van der Waals surface area contributed by atoms with E-state index in [4.69, 9.17) is 9.47 Å². The van der Waals surface area contributed by atoms with Crippen molar-refractivity contribution in [2.24, 2.45) is 0 Å². The van der Waals surface area contributed by atoms with E-state index < -0.39 is 0 Å². The molecule has 6 heteroatoms. The largest absolute Gasteiger partial charge is 0.497 e. The van der Waals surface area contributed by atoms with E-state index in [1.54, 1.807) is 14.2 Å². The van der Waals surface area contributed by atoms with Gasteiger partial charge >= 0.3 is 0 Å². The summed E-state index contributed by atoms with van der Waals surface area (Å²) in [6, 6.07) is 21.1. The van der Waals surface area contributed by atoms with Crippen molar-refractivity contribution < 1.29 is 14.3 Å². The number of carbonyl (C=O) groups is 1. The van der Waals surface area contributed by atoms with Crippen LogP contribution >= 0.6 is 0 Å². The summed E-state index contributed by atoms with van der Waals surface area (Å²) < 4.78 is 12.5. The summed E-state index contributed by atoms with van der Waals surface area (Å²) in [4.78, 5) is 12.9. The van der Waals surface area contributed by atoms with E-state index in [9.17, 15) is 4.79 Å². The monoisotopic (exact) mass is 415 g/mol. The topological polar surface area (TPSA) is 65.4 Å². The SMILES string of the molecule is COc1cccc(Cn2ncc3ccc(C(=O)N[C@H](C)c4cccc(OC)c4)cc32)c1. The Balaban J connectivity index is 1.55. The zero-order valence-electron chi connectivity index (χ0n) is 17.8. The second-order valence-corrected chi connectivity index (χ2v) is 7.40. The minimum atomic E-state index is -0.153. The molecule has 0 spiro atoms. The van der Waals surface area contributed by atoms with Crippen LogP contribution in [0.4, 0.5) is 0 Å². The minimum absolute atomic E-state index is 0.133. The normalized spacial score (nSPS) is 11.8. The Morgan fingerprint density at radius 1 is 1.00 bits per heavy atom. The molecule has 0 radical (unpaired) electrons. The molecule has 1 heterocycles. The lowest BCUT2D eigenvalue weighted by atomic mass is 10.1. The third-order valence-electron chi connectivity index (χ3n) is 5.31. The third kappa shape index (κ3) is 4.53. The summed E-state index contributed by atoms with van der Waals surface area (Å²) in [6.07, 6.45) is 1.82. The van der Waals surface area contributed by atoms with Gasteiger partial charge in [0.05, 0.1) is 38.5 Å². The van der Waals surface area contributed by atoms with Gasteiger partial charge in [-0.2, -0.15) is 5.10 Å². The summed E-state index contributed by atoms with van der Waals surface area (Å²) in [5.41, 5.74) is 3.56. The molecule has 0 saturated carbocycles. The molecule has 1 amide bonds. The molecule has 31 heavy (non-hydrogen) atoms. The van der Waals surface area contributed by atoms with E-state index in [0.717, 1.165) is 33.5 Å². The zero-order chi connectivity index (χ0) is 21.8. The molecule has 0 aliphatic carbocycles. The van der Waals surface area contributed by atoms with Crippen molar-refractivity contribution in [2.75, 3.05) is 14.2 Å². The number of ether oxygens (including phenoxy) is 2. The quantitative estimate of drug-likeness (QED) is 0.479. The van der Waals surface area contributed by atoms with Crippen LogP contribution in [-0.4, -0.2) is 29.9 Å². The first kappa shape index (κ1) is 20.5. The van der Waals surface area contributed by atoms with E-state index in [0.29, 0.717) is 12.1 Å². The number of benzene rings is 3. The lowest BCUT2D eigenvalue weighted by molar-refractivity contribution is 0.0940. The number of fused-ring (bicyclic) bond motifs is 1. The van der Waals surface area contributed by atoms with Crippen LogP contribution in [0.5, 0.6) is 11.5 Å². The van der Waals surface area contributed by atoms with Crippen molar-refractivity contribution in [1.82, 2.24) is 15.1 Å². The summed E-state index contributed by atoms with van der Waals surface area (Å²) in [5.74, 6) is 1.44. The lowest BCUT2D eigenvalue weighted by Crippen LogP contribution is -2.26. The lowest BCUT2D eigenvalue weighted by Gasteiger charge is -2.15. The molecule has 4 aromatic rings. The van der Waals surface area contributed by atoms with Gasteiger partial charge in [-0.05, 0) is 54.4 Å². The highest BCUT2D eigenvalue weighted by Gasteiger charge is 2.14. The van der Waals surface area contributed by atoms with Crippen molar-refractivity contribution in [1.29, 1.82) is 0 Å². The third-order valence-corrected chi connectivity index (χ3v) is 5.31. The van der Waals surface area contributed by atoms with Gasteiger partial charge in [0.1, 0.15) is 11.5 Å². The highest BCUT2D eigenvalue weighted by atomic mass is 16.5. The van der Waals surface area contributed by atoms with Crippen LogP contribution in [0.3, 0.4) is 0 Å². The zero-order valence-corrected chi connectivity index (χ0v) is 17.8. The number of hydrogen-bond donors (Lipinski definition) is 1. The summed E-state index contributed by atoms with van der Waals surface area (Å²) in [6.45, 7) is 2.55. The Morgan fingerprint density at radius 2 is 1.74 bits per heavy atom. The van der Waals surface area contributed by atoms with Crippen LogP contribution in [0.15, 0.2) is 72.9 Å². The Bertz CT molecular complexity index is 1220. The second-order valence-electron chi connectivity index (χ2n) is 7.40. The van der Waals surface area contributed by atoms with Gasteiger partial charge in [0.15, 0.2) is 0 Å². The van der Waals surface area contributed by atoms with Gasteiger partial charge in [-0.25, -0.2) is 0 Å². The highest BCUT2D eigenvalue weighted by Crippen LogP contribution is 2.21. The van der Waals surface area contributed by atoms with E-state index in [-0.39, 0.29) is 11.9 Å². The maximum absolute atomic E-state index is 12.9. The van der Waals surface area contributed by atoms with Gasteiger partial charge in [0.2, 0.25) is 0 Å². The smallest absolute Gasteiger partial charge is 0.251 e. The van der Waals surface area contributed by atoms with Crippen molar-refractivity contribution in [3.63, 3.8) is 0 Å². The molecule has 1 atom stereocenters. The van der Waals surface area contributed by atoms with E-state index in [1.165, 1.54) is 0 Å². The Hall–Kier alpha value is -3.80. The molecule has 0 aliphatic heterocycles. The highest BCUT2D eigenvalue weighted by molar-refractivity contribution is 5.98. The number of hydrogen-bond acceptors (Lipinski definition) is 4. The minimum Gasteiger partial charge on any atom is -0.497 e. The molecular formula is C25H25N3O3. The van der Waals surface area contributed by atoms with Gasteiger partial charge in [-0.1, -0.05) is 30.3 Å². The van der Waals surface area contributed by atoms with Crippen LogP contribution in [0.1, 0.15) is 34.5 Å². The first-order valence-corrected chi connectivity index (χ1v) is 10.1. The number of methoxy groups -OCH3 is 2. The van der Waals surface area contributed by atoms with Crippen molar-refractivity contribution in [2.45, 2.75) is 19.5 Å². The van der Waals surface area contributed by atoms with E-state index in [2.05, 4.69) is 10.4 Å². The maximum atomic E-state index is 12.9. The molecular weight excluding hydrogens is 390 g/mol. The van der Waals surface area contributed by atoms with Crippen molar-refractivity contribution in [3.8, 4) is 11.5 Å². The molecule has 0 unspecified atom stereocenters. The molecule has 4 rings (SSSR count). The van der Waals surface area contributed by atoms with Crippen LogP contribution in [0.25, 0.3) is 10.9 Å². The fraction of sp³-hybridized carbons (Fsp3) is 0.200. The number of aromatic nitrogens is 2. The second kappa shape index (κ2) is 8.92. The molecule has 1 N–H and O–H groups in total. The van der Waals surface area contributed by atoms with Gasteiger partial charge in [0.25, 0.3) is 5.91 Å². The Labute approximate surface area is 181 Å². The number of rotatable bonds is 7. The average molecular weight is 415 g/mol. The fourth-order valence-electron chi connectivity index (χ4n) is 3.56. The first-order valence-electron chi connectivity index (χ1n) is 10.1. The Kier molecular flexibility index (Phi) is 5.89. The first-order chi connectivity index (χ1) is 15.1. The Morgan fingerprint density at radius 3 is 2.52 bits per heavy atom. The maximum Gasteiger partial charge on any atom is 0.251 e. The number of carbonyl (C=O) groups excluding carboxylic acids is 1. The summed E-state index contributed by atoms with van der Waals surface area (Å²) in [7, 11) is 3.28. The van der Waals surface area contributed by atoms with Gasteiger partial charge < -0.3 is 14.8 Å². The fourth-order valence-corrected chi connectivity index (χ4v) is 3.56. The standard InChI is InChI=1S/C25H25N3O3/c1-17(19-7-5-9-23(13-19)31-3)27-25(29)20-10-11-21-15-26-28(24(21)14-20)16-18-6-4-8-22(12-18)30-2/h4-15,17H,16H2,1-3H3,(H,27,29)/t17-/m1/s1. The van der Waals surface area contributed by atoms with Crippen molar-refractivity contribution in [3.05, 3.63) is 89.6 Å². The van der Waals surface area contributed by atoms with E-state index in [1.807, 2.05) is 84.5 Å². The van der Waals surface area contributed by atoms with Crippen LogP contribution < -0.4 is 14.8 Å². The molecule has 6 nitrogen and oxygen atoms in total.